The number of carbonyl (C=O) groups is 2. The summed E-state index contributed by atoms with van der Waals surface area (Å²) in [4.78, 5) is 25.3. The molecular formula is C18H19ClN2O4. The maximum atomic E-state index is 12.3. The number of ether oxygens (including phenoxy) is 2. The molecule has 0 radical (unpaired) electrons. The van der Waals surface area contributed by atoms with Crippen LogP contribution in [0.4, 0.5) is 4.79 Å². The molecule has 0 unspecified atom stereocenters. The average Bonchev–Trinajstić information content (AvgIpc) is 2.82. The van der Waals surface area contributed by atoms with Crippen LogP contribution in [0.25, 0.3) is 6.08 Å². The fraction of sp³-hybridized carbons (Fsp3) is 0.333. The van der Waals surface area contributed by atoms with Crippen molar-refractivity contribution in [1.82, 2.24) is 10.2 Å². The number of terminal acetylenes is 1. The molecule has 0 aliphatic carbocycles. The maximum absolute atomic E-state index is 12.3. The lowest BCUT2D eigenvalue weighted by Crippen LogP contribution is -2.31. The second-order valence-electron chi connectivity index (χ2n) is 5.20. The average molecular weight is 363 g/mol. The molecule has 6 nitrogen and oxygen atoms in total. The van der Waals surface area contributed by atoms with Gasteiger partial charge in [0.2, 0.25) is 0 Å². The van der Waals surface area contributed by atoms with E-state index in [2.05, 4.69) is 11.2 Å². The van der Waals surface area contributed by atoms with Crippen molar-refractivity contribution < 1.29 is 19.1 Å². The highest BCUT2D eigenvalue weighted by atomic mass is 35.5. The first-order valence-electron chi connectivity index (χ1n) is 7.88. The largest absolute Gasteiger partial charge is 0.490 e. The number of nitrogens with one attached hydrogen (secondary N) is 1. The van der Waals surface area contributed by atoms with Crippen molar-refractivity contribution in [2.45, 2.75) is 20.3 Å². The molecule has 1 aliphatic rings. The van der Waals surface area contributed by atoms with Gasteiger partial charge in [0, 0.05) is 6.54 Å². The Morgan fingerprint density at radius 3 is 2.72 bits per heavy atom. The minimum Gasteiger partial charge on any atom is -0.490 e. The molecule has 1 heterocycles. The second kappa shape index (κ2) is 8.45. The molecule has 1 saturated heterocycles. The van der Waals surface area contributed by atoms with Crippen LogP contribution >= 0.6 is 11.6 Å². The van der Waals surface area contributed by atoms with Gasteiger partial charge in [0.15, 0.2) is 11.5 Å². The monoisotopic (exact) mass is 362 g/mol. The Bertz CT molecular complexity index is 752. The number of carbonyl (C=O) groups excluding carboxylic acids is 2. The van der Waals surface area contributed by atoms with E-state index in [9.17, 15) is 9.59 Å². The second-order valence-corrected chi connectivity index (χ2v) is 5.61. The van der Waals surface area contributed by atoms with Crippen molar-refractivity contribution in [2.75, 3.05) is 19.8 Å². The van der Waals surface area contributed by atoms with E-state index < -0.39 is 6.03 Å². The highest BCUT2D eigenvalue weighted by Crippen LogP contribution is 2.37. The van der Waals surface area contributed by atoms with Crippen LogP contribution in [0.3, 0.4) is 0 Å². The predicted octanol–water partition coefficient (Wildman–Crippen LogP) is 3.05. The minimum absolute atomic E-state index is 0.0563. The number of nitrogens with zero attached hydrogens (tertiary/aromatic N) is 1. The SMILES string of the molecule is C#CCOc1c(Cl)cc(/C=C2/NC(=O)N(CCC)C2=O)cc1OCC. The van der Waals surface area contributed by atoms with Gasteiger partial charge in [-0.3, -0.25) is 9.69 Å². The normalized spacial score (nSPS) is 15.3. The molecule has 7 heteroatoms. The Labute approximate surface area is 151 Å². The summed E-state index contributed by atoms with van der Waals surface area (Å²) in [6.45, 7) is 4.55. The number of imide groups is 1. The molecule has 1 aromatic carbocycles. The van der Waals surface area contributed by atoms with E-state index in [-0.39, 0.29) is 18.2 Å². The van der Waals surface area contributed by atoms with Gasteiger partial charge in [-0.2, -0.15) is 0 Å². The number of hydrogen-bond acceptors (Lipinski definition) is 4. The molecule has 0 bridgehead atoms. The lowest BCUT2D eigenvalue weighted by molar-refractivity contribution is -0.122. The zero-order valence-corrected chi connectivity index (χ0v) is 14.9. The van der Waals surface area contributed by atoms with Gasteiger partial charge in [-0.05, 0) is 37.1 Å². The molecule has 3 amide bonds. The Morgan fingerprint density at radius 2 is 2.08 bits per heavy atom. The number of benzene rings is 1. The van der Waals surface area contributed by atoms with Crippen LogP contribution in [-0.2, 0) is 4.79 Å². The van der Waals surface area contributed by atoms with Gasteiger partial charge < -0.3 is 14.8 Å². The van der Waals surface area contributed by atoms with E-state index in [1.54, 1.807) is 18.2 Å². The maximum Gasteiger partial charge on any atom is 0.329 e. The first-order chi connectivity index (χ1) is 12.0. The quantitative estimate of drug-likeness (QED) is 0.460. The minimum atomic E-state index is -0.428. The van der Waals surface area contributed by atoms with Gasteiger partial charge in [-0.1, -0.05) is 24.4 Å². The zero-order chi connectivity index (χ0) is 18.4. The Morgan fingerprint density at radius 1 is 1.32 bits per heavy atom. The van der Waals surface area contributed by atoms with Crippen molar-refractivity contribution in [2.24, 2.45) is 0 Å². The molecule has 0 saturated carbocycles. The molecule has 2 rings (SSSR count). The van der Waals surface area contributed by atoms with Gasteiger partial charge in [0.25, 0.3) is 5.91 Å². The molecule has 0 spiro atoms. The van der Waals surface area contributed by atoms with E-state index in [1.807, 2.05) is 13.8 Å². The topological polar surface area (TPSA) is 67.9 Å². The number of amides is 3. The van der Waals surface area contributed by atoms with Crippen molar-refractivity contribution in [3.8, 4) is 23.8 Å². The molecule has 1 N–H and O–H groups in total. The van der Waals surface area contributed by atoms with Crippen LogP contribution in [0.5, 0.6) is 11.5 Å². The number of urea groups is 1. The third kappa shape index (κ3) is 4.25. The van der Waals surface area contributed by atoms with Crippen LogP contribution < -0.4 is 14.8 Å². The summed E-state index contributed by atoms with van der Waals surface area (Å²) < 4.78 is 11.0. The van der Waals surface area contributed by atoms with Crippen LogP contribution in [-0.4, -0.2) is 36.6 Å². The third-order valence-electron chi connectivity index (χ3n) is 3.35. The Hall–Kier alpha value is -2.65. The van der Waals surface area contributed by atoms with Crippen molar-refractivity contribution in [3.05, 3.63) is 28.4 Å². The Balaban J connectivity index is 2.35. The molecule has 0 atom stereocenters. The fourth-order valence-electron chi connectivity index (χ4n) is 2.35. The summed E-state index contributed by atoms with van der Waals surface area (Å²) in [5.41, 5.74) is 0.790. The van der Waals surface area contributed by atoms with Gasteiger partial charge in [-0.15, -0.1) is 6.42 Å². The summed E-state index contributed by atoms with van der Waals surface area (Å²) in [5.74, 6) is 2.76. The van der Waals surface area contributed by atoms with Crippen molar-refractivity contribution in [3.63, 3.8) is 0 Å². The van der Waals surface area contributed by atoms with Crippen LogP contribution in [0.15, 0.2) is 17.8 Å². The zero-order valence-electron chi connectivity index (χ0n) is 14.1. The molecule has 1 aliphatic heterocycles. The van der Waals surface area contributed by atoms with Crippen LogP contribution in [0, 0.1) is 12.3 Å². The van der Waals surface area contributed by atoms with Crippen LogP contribution in [0.1, 0.15) is 25.8 Å². The first kappa shape index (κ1) is 18.7. The summed E-state index contributed by atoms with van der Waals surface area (Å²) in [7, 11) is 0. The lowest BCUT2D eigenvalue weighted by atomic mass is 10.1. The molecule has 25 heavy (non-hydrogen) atoms. The first-order valence-corrected chi connectivity index (χ1v) is 8.26. The van der Waals surface area contributed by atoms with E-state index >= 15 is 0 Å². The van der Waals surface area contributed by atoms with E-state index in [0.29, 0.717) is 41.7 Å². The number of hydrogen-bond donors (Lipinski definition) is 1. The summed E-state index contributed by atoms with van der Waals surface area (Å²) >= 11 is 6.25. The molecular weight excluding hydrogens is 344 g/mol. The smallest absolute Gasteiger partial charge is 0.329 e. The van der Waals surface area contributed by atoms with E-state index in [4.69, 9.17) is 27.5 Å². The molecule has 1 aromatic rings. The third-order valence-corrected chi connectivity index (χ3v) is 3.63. The molecule has 0 aromatic heterocycles. The van der Waals surface area contributed by atoms with E-state index in [0.717, 1.165) is 0 Å². The number of halogens is 1. The van der Waals surface area contributed by atoms with E-state index in [1.165, 1.54) is 4.90 Å². The van der Waals surface area contributed by atoms with Gasteiger partial charge in [0.05, 0.1) is 11.6 Å². The predicted molar refractivity (Wildman–Crippen MR) is 95.5 cm³/mol. The van der Waals surface area contributed by atoms with Gasteiger partial charge in [0.1, 0.15) is 12.3 Å². The highest BCUT2D eigenvalue weighted by Gasteiger charge is 2.32. The lowest BCUT2D eigenvalue weighted by Gasteiger charge is -2.13. The van der Waals surface area contributed by atoms with Crippen molar-refractivity contribution in [1.29, 1.82) is 0 Å². The van der Waals surface area contributed by atoms with Crippen LogP contribution in [0.2, 0.25) is 5.02 Å². The van der Waals surface area contributed by atoms with Crippen molar-refractivity contribution >= 4 is 29.6 Å². The summed E-state index contributed by atoms with van der Waals surface area (Å²) in [5, 5.41) is 2.86. The summed E-state index contributed by atoms with van der Waals surface area (Å²) in [6, 6.07) is 2.87. The molecule has 1 fully saturated rings. The number of rotatable bonds is 7. The summed E-state index contributed by atoms with van der Waals surface area (Å²) in [6.07, 6.45) is 7.44. The fourth-order valence-corrected chi connectivity index (χ4v) is 2.63. The highest BCUT2D eigenvalue weighted by molar-refractivity contribution is 6.32. The van der Waals surface area contributed by atoms with Gasteiger partial charge in [-0.25, -0.2) is 4.79 Å². The standard InChI is InChI=1S/C18H19ClN2O4/c1-4-7-21-17(22)14(20-18(21)23)10-12-9-13(19)16(25-8-5-2)15(11-12)24-6-3/h2,9-11H,4,6-8H2,1,3H3,(H,20,23)/b14-10+. The molecule has 132 valence electrons. The Kier molecular flexibility index (Phi) is 6.31. The van der Waals surface area contributed by atoms with Gasteiger partial charge >= 0.3 is 6.03 Å².